The fourth-order valence-electron chi connectivity index (χ4n) is 3.60. The van der Waals surface area contributed by atoms with Gasteiger partial charge in [-0.15, -0.1) is 0 Å². The number of likely N-dealkylation sites (tertiary alicyclic amines) is 1. The largest absolute Gasteiger partial charge is 0.497 e. The summed E-state index contributed by atoms with van der Waals surface area (Å²) in [5.74, 6) is 0.932. The van der Waals surface area contributed by atoms with Crippen molar-refractivity contribution < 1.29 is 14.3 Å². The number of aromatic nitrogens is 4. The molecule has 0 spiro atoms. The molecule has 32 heavy (non-hydrogen) atoms. The third kappa shape index (κ3) is 4.56. The summed E-state index contributed by atoms with van der Waals surface area (Å²) in [6.07, 6.45) is 5.39. The first-order valence-electron chi connectivity index (χ1n) is 10.3. The predicted molar refractivity (Wildman–Crippen MR) is 118 cm³/mol. The summed E-state index contributed by atoms with van der Waals surface area (Å²) < 4.78 is 5.13. The molecule has 0 saturated carbocycles. The topological polar surface area (TPSA) is 110 Å². The lowest BCUT2D eigenvalue weighted by Crippen LogP contribution is -2.29. The molecule has 1 fully saturated rings. The van der Waals surface area contributed by atoms with Gasteiger partial charge in [-0.25, -0.2) is 15.0 Å². The minimum atomic E-state index is -0.277. The standard InChI is InChI=1S/C23H24N6O3/c1-14-10-25-20(12-24-14)23(31)29-9-8-16(13-29)21-26-11-19(15(2)27-21)22(30)28-17-4-6-18(32-3)7-5-17/h4-7,10-12,16H,8-9,13H2,1-3H3,(H,28,30)/t16-/m0/s1. The van der Waals surface area contributed by atoms with Crippen molar-refractivity contribution in [3.63, 3.8) is 0 Å². The number of rotatable bonds is 5. The second kappa shape index (κ2) is 9.09. The summed E-state index contributed by atoms with van der Waals surface area (Å²) >= 11 is 0. The molecule has 3 heterocycles. The Morgan fingerprint density at radius 2 is 1.84 bits per heavy atom. The molecule has 1 aliphatic rings. The van der Waals surface area contributed by atoms with E-state index in [1.165, 1.54) is 6.20 Å². The van der Waals surface area contributed by atoms with Crippen molar-refractivity contribution in [1.82, 2.24) is 24.8 Å². The van der Waals surface area contributed by atoms with Crippen LogP contribution >= 0.6 is 0 Å². The molecule has 164 valence electrons. The quantitative estimate of drug-likeness (QED) is 0.660. The number of anilines is 1. The van der Waals surface area contributed by atoms with Crippen LogP contribution in [-0.4, -0.2) is 56.8 Å². The number of hydrogen-bond donors (Lipinski definition) is 1. The molecule has 3 aromatic rings. The molecule has 1 aliphatic heterocycles. The van der Waals surface area contributed by atoms with Crippen molar-refractivity contribution in [2.24, 2.45) is 0 Å². The lowest BCUT2D eigenvalue weighted by Gasteiger charge is -2.16. The summed E-state index contributed by atoms with van der Waals surface area (Å²) in [6, 6.07) is 7.09. The molecule has 0 bridgehead atoms. The van der Waals surface area contributed by atoms with Gasteiger partial charge in [0.15, 0.2) is 0 Å². The first kappa shape index (κ1) is 21.4. The van der Waals surface area contributed by atoms with E-state index in [4.69, 9.17) is 4.74 Å². The van der Waals surface area contributed by atoms with E-state index in [0.29, 0.717) is 47.3 Å². The van der Waals surface area contributed by atoms with E-state index < -0.39 is 0 Å². The second-order valence-electron chi connectivity index (χ2n) is 7.69. The maximum absolute atomic E-state index is 12.7. The highest BCUT2D eigenvalue weighted by atomic mass is 16.5. The highest BCUT2D eigenvalue weighted by Crippen LogP contribution is 2.26. The Hall–Kier alpha value is -3.88. The van der Waals surface area contributed by atoms with Gasteiger partial charge in [0.25, 0.3) is 11.8 Å². The van der Waals surface area contributed by atoms with E-state index in [2.05, 4.69) is 25.3 Å². The number of nitrogens with zero attached hydrogens (tertiary/aromatic N) is 5. The van der Waals surface area contributed by atoms with E-state index in [9.17, 15) is 9.59 Å². The summed E-state index contributed by atoms with van der Waals surface area (Å²) in [6.45, 7) is 4.72. The molecule has 1 N–H and O–H groups in total. The number of ether oxygens (including phenoxy) is 1. The Labute approximate surface area is 185 Å². The number of amides is 2. The van der Waals surface area contributed by atoms with Gasteiger partial charge in [-0.2, -0.15) is 0 Å². The number of carbonyl (C=O) groups is 2. The normalized spacial score (nSPS) is 15.5. The van der Waals surface area contributed by atoms with Gasteiger partial charge >= 0.3 is 0 Å². The monoisotopic (exact) mass is 432 g/mol. The van der Waals surface area contributed by atoms with Crippen LogP contribution in [0, 0.1) is 13.8 Å². The van der Waals surface area contributed by atoms with Gasteiger partial charge in [0.1, 0.15) is 17.3 Å². The van der Waals surface area contributed by atoms with E-state index >= 15 is 0 Å². The summed E-state index contributed by atoms with van der Waals surface area (Å²) in [4.78, 5) is 44.4. The fraction of sp³-hybridized carbons (Fsp3) is 0.304. The van der Waals surface area contributed by atoms with Crippen molar-refractivity contribution in [2.45, 2.75) is 26.2 Å². The lowest BCUT2D eigenvalue weighted by atomic mass is 10.1. The number of carbonyl (C=O) groups excluding carboxylic acids is 2. The maximum atomic E-state index is 12.7. The van der Waals surface area contributed by atoms with E-state index in [0.717, 1.165) is 12.1 Å². The van der Waals surface area contributed by atoms with Crippen LogP contribution in [0.2, 0.25) is 0 Å². The molecule has 0 unspecified atom stereocenters. The summed E-state index contributed by atoms with van der Waals surface area (Å²) in [5, 5.41) is 2.84. The SMILES string of the molecule is COc1ccc(NC(=O)c2cnc([C@H]3CCN(C(=O)c4cnc(C)cn4)C3)nc2C)cc1. The Kier molecular flexibility index (Phi) is 6.07. The zero-order chi connectivity index (χ0) is 22.7. The minimum Gasteiger partial charge on any atom is -0.497 e. The van der Waals surface area contributed by atoms with Crippen molar-refractivity contribution in [3.8, 4) is 5.75 Å². The molecule has 0 radical (unpaired) electrons. The van der Waals surface area contributed by atoms with Gasteiger partial charge in [-0.05, 0) is 44.5 Å². The van der Waals surface area contributed by atoms with Gasteiger partial charge in [-0.3, -0.25) is 14.6 Å². The van der Waals surface area contributed by atoms with Gasteiger partial charge in [0.2, 0.25) is 0 Å². The van der Waals surface area contributed by atoms with Crippen LogP contribution in [0.5, 0.6) is 5.75 Å². The Morgan fingerprint density at radius 3 is 2.50 bits per heavy atom. The number of benzene rings is 1. The molecule has 2 aromatic heterocycles. The number of nitrogens with one attached hydrogen (secondary N) is 1. The second-order valence-corrected chi connectivity index (χ2v) is 7.69. The van der Waals surface area contributed by atoms with Gasteiger partial charge < -0.3 is 15.0 Å². The van der Waals surface area contributed by atoms with Crippen molar-refractivity contribution in [1.29, 1.82) is 0 Å². The molecular formula is C23H24N6O3. The smallest absolute Gasteiger partial charge is 0.274 e. The summed E-state index contributed by atoms with van der Waals surface area (Å²) in [5.41, 5.74) is 2.75. The van der Waals surface area contributed by atoms with Crippen LogP contribution in [-0.2, 0) is 0 Å². The van der Waals surface area contributed by atoms with Crippen LogP contribution in [0.1, 0.15) is 50.4 Å². The van der Waals surface area contributed by atoms with Crippen LogP contribution in [0.25, 0.3) is 0 Å². The van der Waals surface area contributed by atoms with Gasteiger partial charge in [-0.1, -0.05) is 0 Å². The molecular weight excluding hydrogens is 408 g/mol. The molecule has 9 nitrogen and oxygen atoms in total. The van der Waals surface area contributed by atoms with Gasteiger partial charge in [0.05, 0.1) is 30.3 Å². The zero-order valence-corrected chi connectivity index (χ0v) is 18.2. The first-order chi connectivity index (χ1) is 15.4. The Bertz CT molecular complexity index is 1130. The van der Waals surface area contributed by atoms with E-state index in [-0.39, 0.29) is 17.7 Å². The predicted octanol–water partition coefficient (Wildman–Crippen LogP) is 2.77. The van der Waals surface area contributed by atoms with E-state index in [1.54, 1.807) is 55.6 Å². The highest BCUT2D eigenvalue weighted by Gasteiger charge is 2.30. The molecule has 4 rings (SSSR count). The third-order valence-corrected chi connectivity index (χ3v) is 5.43. The summed E-state index contributed by atoms with van der Waals surface area (Å²) in [7, 11) is 1.59. The fourth-order valence-corrected chi connectivity index (χ4v) is 3.60. The molecule has 0 aliphatic carbocycles. The molecule has 2 amide bonds. The Balaban J connectivity index is 1.42. The third-order valence-electron chi connectivity index (χ3n) is 5.43. The van der Waals surface area contributed by atoms with E-state index in [1.807, 2.05) is 6.92 Å². The average molecular weight is 432 g/mol. The Morgan fingerprint density at radius 1 is 1.06 bits per heavy atom. The van der Waals surface area contributed by atoms with Crippen molar-refractivity contribution in [2.75, 3.05) is 25.5 Å². The first-order valence-corrected chi connectivity index (χ1v) is 10.3. The van der Waals surface area contributed by atoms with Crippen LogP contribution in [0.4, 0.5) is 5.69 Å². The molecule has 1 saturated heterocycles. The number of aryl methyl sites for hydroxylation is 2. The average Bonchev–Trinajstić information content (AvgIpc) is 3.30. The zero-order valence-electron chi connectivity index (χ0n) is 18.2. The van der Waals surface area contributed by atoms with Crippen LogP contribution in [0.15, 0.2) is 42.9 Å². The molecule has 9 heteroatoms. The van der Waals surface area contributed by atoms with Crippen LogP contribution < -0.4 is 10.1 Å². The molecule has 1 aromatic carbocycles. The van der Waals surface area contributed by atoms with Crippen LogP contribution in [0.3, 0.4) is 0 Å². The van der Waals surface area contributed by atoms with Crippen molar-refractivity contribution in [3.05, 3.63) is 71.3 Å². The minimum absolute atomic E-state index is 0.00903. The number of hydrogen-bond acceptors (Lipinski definition) is 7. The highest BCUT2D eigenvalue weighted by molar-refractivity contribution is 6.04. The molecule has 1 atom stereocenters. The maximum Gasteiger partial charge on any atom is 0.274 e. The lowest BCUT2D eigenvalue weighted by molar-refractivity contribution is 0.0784. The van der Waals surface area contributed by atoms with Crippen molar-refractivity contribution >= 4 is 17.5 Å². The van der Waals surface area contributed by atoms with Gasteiger partial charge in [0, 0.05) is 37.1 Å². The number of methoxy groups -OCH3 is 1.